The van der Waals surface area contributed by atoms with E-state index in [-0.39, 0.29) is 24.8 Å². The lowest BCUT2D eigenvalue weighted by Crippen LogP contribution is -2.45. The van der Waals surface area contributed by atoms with Crippen LogP contribution in [0.2, 0.25) is 5.02 Å². The predicted octanol–water partition coefficient (Wildman–Crippen LogP) is 6.17. The standard InChI is InChI=1S/C24H25ClN2.2ClH/c25-23-12-10-21(11-13-23)24-9-5-4-8-22(24)19-27-16-14-26(15-17-27)18-20-6-2-1-3-7-20;;/h1-13H,14-19H2;2*1H. The first-order valence-electron chi connectivity index (χ1n) is 9.60. The first kappa shape index (κ1) is 23.7. The lowest BCUT2D eigenvalue weighted by atomic mass is 9.99. The Hall–Kier alpha value is -1.55. The van der Waals surface area contributed by atoms with Crippen molar-refractivity contribution in [3.05, 3.63) is 95.0 Å². The van der Waals surface area contributed by atoms with Gasteiger partial charge in [-0.15, -0.1) is 24.8 Å². The van der Waals surface area contributed by atoms with Crippen molar-refractivity contribution >= 4 is 36.4 Å². The van der Waals surface area contributed by atoms with Crippen LogP contribution >= 0.6 is 36.4 Å². The van der Waals surface area contributed by atoms with E-state index >= 15 is 0 Å². The number of halogens is 3. The maximum absolute atomic E-state index is 6.05. The van der Waals surface area contributed by atoms with Gasteiger partial charge in [-0.3, -0.25) is 9.80 Å². The molecule has 1 aliphatic heterocycles. The summed E-state index contributed by atoms with van der Waals surface area (Å²) >= 11 is 6.05. The Morgan fingerprint density at radius 2 is 1.17 bits per heavy atom. The number of rotatable bonds is 5. The minimum atomic E-state index is 0. The highest BCUT2D eigenvalue weighted by Gasteiger charge is 2.18. The van der Waals surface area contributed by atoms with Gasteiger partial charge in [0.15, 0.2) is 0 Å². The van der Waals surface area contributed by atoms with Gasteiger partial charge in [0.25, 0.3) is 0 Å². The lowest BCUT2D eigenvalue weighted by Gasteiger charge is -2.35. The Kier molecular flexibility index (Phi) is 9.48. The van der Waals surface area contributed by atoms with Gasteiger partial charge in [0.2, 0.25) is 0 Å². The van der Waals surface area contributed by atoms with Gasteiger partial charge in [0.05, 0.1) is 0 Å². The lowest BCUT2D eigenvalue weighted by molar-refractivity contribution is 0.122. The largest absolute Gasteiger partial charge is 0.297 e. The van der Waals surface area contributed by atoms with Gasteiger partial charge in [-0.05, 0) is 34.4 Å². The van der Waals surface area contributed by atoms with Crippen LogP contribution in [-0.2, 0) is 13.1 Å². The SMILES string of the molecule is Cl.Cl.Clc1ccc(-c2ccccc2CN2CCN(Cc3ccccc3)CC2)cc1. The normalized spacial score (nSPS) is 14.7. The Balaban J connectivity index is 0.00000150. The summed E-state index contributed by atoms with van der Waals surface area (Å²) in [7, 11) is 0. The second-order valence-corrected chi connectivity index (χ2v) is 7.64. The molecule has 1 fully saturated rings. The molecule has 154 valence electrons. The number of nitrogens with zero attached hydrogens (tertiary/aromatic N) is 2. The molecule has 3 aromatic carbocycles. The van der Waals surface area contributed by atoms with Gasteiger partial charge in [0, 0.05) is 44.3 Å². The maximum Gasteiger partial charge on any atom is 0.0406 e. The first-order valence-corrected chi connectivity index (χ1v) is 9.98. The molecular weight excluding hydrogens is 423 g/mol. The molecule has 1 aliphatic rings. The van der Waals surface area contributed by atoms with E-state index < -0.39 is 0 Å². The molecule has 0 spiro atoms. The zero-order chi connectivity index (χ0) is 18.5. The van der Waals surface area contributed by atoms with E-state index in [9.17, 15) is 0 Å². The number of benzene rings is 3. The van der Waals surface area contributed by atoms with Crippen LogP contribution in [-0.4, -0.2) is 36.0 Å². The van der Waals surface area contributed by atoms with Gasteiger partial charge >= 0.3 is 0 Å². The molecule has 0 saturated carbocycles. The van der Waals surface area contributed by atoms with Crippen molar-refractivity contribution in [3.63, 3.8) is 0 Å². The molecule has 0 N–H and O–H groups in total. The van der Waals surface area contributed by atoms with Crippen molar-refractivity contribution in [3.8, 4) is 11.1 Å². The first-order chi connectivity index (χ1) is 13.3. The molecule has 3 aromatic rings. The van der Waals surface area contributed by atoms with Crippen molar-refractivity contribution in [1.82, 2.24) is 9.80 Å². The van der Waals surface area contributed by atoms with Gasteiger partial charge in [0.1, 0.15) is 0 Å². The minimum absolute atomic E-state index is 0. The van der Waals surface area contributed by atoms with Crippen molar-refractivity contribution in [1.29, 1.82) is 0 Å². The second kappa shape index (κ2) is 11.6. The summed E-state index contributed by atoms with van der Waals surface area (Å²) in [5, 5.41) is 0.783. The Morgan fingerprint density at radius 1 is 0.621 bits per heavy atom. The molecule has 0 unspecified atom stereocenters. The summed E-state index contributed by atoms with van der Waals surface area (Å²) in [4.78, 5) is 5.12. The van der Waals surface area contributed by atoms with Crippen LogP contribution in [0.15, 0.2) is 78.9 Å². The third-order valence-electron chi connectivity index (χ3n) is 5.28. The monoisotopic (exact) mass is 448 g/mol. The van der Waals surface area contributed by atoms with Gasteiger partial charge in [-0.25, -0.2) is 0 Å². The fourth-order valence-electron chi connectivity index (χ4n) is 3.76. The highest BCUT2D eigenvalue weighted by molar-refractivity contribution is 6.30. The van der Waals surface area contributed by atoms with Crippen molar-refractivity contribution in [2.24, 2.45) is 0 Å². The van der Waals surface area contributed by atoms with Gasteiger partial charge < -0.3 is 0 Å². The van der Waals surface area contributed by atoms with Crippen LogP contribution in [0.5, 0.6) is 0 Å². The van der Waals surface area contributed by atoms with Crippen LogP contribution in [0.1, 0.15) is 11.1 Å². The molecule has 0 atom stereocenters. The molecule has 2 nitrogen and oxygen atoms in total. The summed E-state index contributed by atoms with van der Waals surface area (Å²) in [6.07, 6.45) is 0. The van der Waals surface area contributed by atoms with E-state index in [4.69, 9.17) is 11.6 Å². The topological polar surface area (TPSA) is 6.48 Å². The summed E-state index contributed by atoms with van der Waals surface area (Å²) in [5.74, 6) is 0. The van der Waals surface area contributed by atoms with Crippen molar-refractivity contribution < 1.29 is 0 Å². The molecule has 29 heavy (non-hydrogen) atoms. The van der Waals surface area contributed by atoms with Crippen molar-refractivity contribution in [2.75, 3.05) is 26.2 Å². The maximum atomic E-state index is 6.05. The number of hydrogen-bond acceptors (Lipinski definition) is 2. The van der Waals surface area contributed by atoms with Crippen LogP contribution in [0.4, 0.5) is 0 Å². The minimum Gasteiger partial charge on any atom is -0.297 e. The molecule has 0 radical (unpaired) electrons. The molecule has 0 bridgehead atoms. The molecule has 0 aliphatic carbocycles. The average molecular weight is 450 g/mol. The van der Waals surface area contributed by atoms with E-state index in [0.29, 0.717) is 0 Å². The van der Waals surface area contributed by atoms with E-state index in [1.165, 1.54) is 22.3 Å². The molecule has 0 amide bonds. The van der Waals surface area contributed by atoms with Crippen molar-refractivity contribution in [2.45, 2.75) is 13.1 Å². The second-order valence-electron chi connectivity index (χ2n) is 7.20. The average Bonchev–Trinajstić information content (AvgIpc) is 2.71. The fourth-order valence-corrected chi connectivity index (χ4v) is 3.88. The molecule has 1 heterocycles. The summed E-state index contributed by atoms with van der Waals surface area (Å²) < 4.78 is 0. The van der Waals surface area contributed by atoms with Crippen LogP contribution in [0.3, 0.4) is 0 Å². The summed E-state index contributed by atoms with van der Waals surface area (Å²) in [5.41, 5.74) is 5.33. The summed E-state index contributed by atoms with van der Waals surface area (Å²) in [6, 6.07) is 27.6. The van der Waals surface area contributed by atoms with Gasteiger partial charge in [-0.1, -0.05) is 78.3 Å². The Labute approximate surface area is 191 Å². The number of piperazine rings is 1. The molecule has 5 heteroatoms. The Bertz CT molecular complexity index is 861. The molecule has 0 aromatic heterocycles. The number of hydrogen-bond donors (Lipinski definition) is 0. The highest BCUT2D eigenvalue weighted by Crippen LogP contribution is 2.26. The quantitative estimate of drug-likeness (QED) is 0.459. The third-order valence-corrected chi connectivity index (χ3v) is 5.53. The van der Waals surface area contributed by atoms with E-state index in [1.807, 2.05) is 12.1 Å². The fraction of sp³-hybridized carbons (Fsp3) is 0.250. The third kappa shape index (κ3) is 6.47. The predicted molar refractivity (Wildman–Crippen MR) is 128 cm³/mol. The zero-order valence-electron chi connectivity index (χ0n) is 16.3. The van der Waals surface area contributed by atoms with Crippen LogP contribution < -0.4 is 0 Å². The highest BCUT2D eigenvalue weighted by atomic mass is 35.5. The molecule has 4 rings (SSSR count). The van der Waals surface area contributed by atoms with E-state index in [0.717, 1.165) is 44.3 Å². The van der Waals surface area contributed by atoms with Crippen LogP contribution in [0.25, 0.3) is 11.1 Å². The molecule has 1 saturated heterocycles. The smallest absolute Gasteiger partial charge is 0.0406 e. The zero-order valence-corrected chi connectivity index (χ0v) is 18.7. The molecular formula is C24H27Cl3N2. The Morgan fingerprint density at radius 3 is 1.83 bits per heavy atom. The van der Waals surface area contributed by atoms with E-state index in [1.54, 1.807) is 0 Å². The van der Waals surface area contributed by atoms with E-state index in [2.05, 4.69) is 76.5 Å². The summed E-state index contributed by atoms with van der Waals surface area (Å²) in [6.45, 7) is 6.52. The van der Waals surface area contributed by atoms with Crippen LogP contribution in [0, 0.1) is 0 Å². The van der Waals surface area contributed by atoms with Gasteiger partial charge in [-0.2, -0.15) is 0 Å².